The Kier molecular flexibility index (Phi) is 5.29. The topological polar surface area (TPSA) is 60.9 Å². The molecule has 0 unspecified atom stereocenters. The van der Waals surface area contributed by atoms with E-state index in [1.165, 1.54) is 4.31 Å². The molecule has 0 radical (unpaired) electrons. The van der Waals surface area contributed by atoms with Gasteiger partial charge in [0, 0.05) is 43.1 Å². The van der Waals surface area contributed by atoms with Crippen LogP contribution in [-0.2, 0) is 10.0 Å². The van der Waals surface area contributed by atoms with Gasteiger partial charge in [-0.3, -0.25) is 0 Å². The minimum Gasteiger partial charge on any atom is -0.395 e. The summed E-state index contributed by atoms with van der Waals surface area (Å²) in [5, 5.41) is 10.8. The molecule has 23 heavy (non-hydrogen) atoms. The van der Waals surface area contributed by atoms with Gasteiger partial charge in [-0.1, -0.05) is 24.3 Å². The molecule has 0 aliphatic carbocycles. The summed E-state index contributed by atoms with van der Waals surface area (Å²) in [5.74, 6) is 0. The number of fused-ring (bicyclic) bond motifs is 1. The molecular formula is C17H24N2O3S. The summed E-state index contributed by atoms with van der Waals surface area (Å²) in [7, 11) is 0.189. The lowest BCUT2D eigenvalue weighted by Crippen LogP contribution is -2.39. The third kappa shape index (κ3) is 3.34. The largest absolute Gasteiger partial charge is 0.395 e. The molecule has 5 nitrogen and oxygen atoms in total. The monoisotopic (exact) mass is 336 g/mol. The average Bonchev–Trinajstić information content (AvgIpc) is 2.50. The van der Waals surface area contributed by atoms with Crippen molar-refractivity contribution in [2.24, 2.45) is 0 Å². The van der Waals surface area contributed by atoms with Crippen LogP contribution in [0, 0.1) is 0 Å². The van der Waals surface area contributed by atoms with Crippen LogP contribution in [0.25, 0.3) is 10.8 Å². The number of benzene rings is 2. The first-order valence-electron chi connectivity index (χ1n) is 7.62. The van der Waals surface area contributed by atoms with Crippen LogP contribution in [0.15, 0.2) is 41.3 Å². The molecule has 0 heterocycles. The zero-order valence-corrected chi connectivity index (χ0v) is 14.8. The third-order valence-corrected chi connectivity index (χ3v) is 5.96. The standard InChI is InChI=1S/C17H24N2O3S/c1-13(2)19(11-12-20)23(21,22)17-10-6-7-14-15(17)8-5-9-16(14)18(3)4/h5-10,13,20H,11-12H2,1-4H3. The van der Waals surface area contributed by atoms with Gasteiger partial charge in [-0.2, -0.15) is 4.31 Å². The Hall–Kier alpha value is -1.63. The van der Waals surface area contributed by atoms with Crippen molar-refractivity contribution in [3.05, 3.63) is 36.4 Å². The number of sulfonamides is 1. The Morgan fingerprint density at radius 1 is 1.04 bits per heavy atom. The zero-order chi connectivity index (χ0) is 17.2. The summed E-state index contributed by atoms with van der Waals surface area (Å²) in [6, 6.07) is 10.8. The molecule has 0 fully saturated rings. The van der Waals surface area contributed by atoms with Crippen molar-refractivity contribution >= 4 is 26.5 Å². The highest BCUT2D eigenvalue weighted by Crippen LogP contribution is 2.32. The van der Waals surface area contributed by atoms with Gasteiger partial charge in [0.05, 0.1) is 11.5 Å². The van der Waals surface area contributed by atoms with Crippen LogP contribution in [0.1, 0.15) is 13.8 Å². The molecule has 6 heteroatoms. The Balaban J connectivity index is 2.70. The third-order valence-electron chi connectivity index (χ3n) is 3.82. The van der Waals surface area contributed by atoms with E-state index in [0.717, 1.165) is 11.1 Å². The maximum Gasteiger partial charge on any atom is 0.244 e. The fourth-order valence-electron chi connectivity index (χ4n) is 2.76. The normalized spacial score (nSPS) is 12.3. The van der Waals surface area contributed by atoms with Crippen molar-refractivity contribution in [2.75, 3.05) is 32.1 Å². The molecule has 0 bridgehead atoms. The highest BCUT2D eigenvalue weighted by Gasteiger charge is 2.28. The van der Waals surface area contributed by atoms with Crippen molar-refractivity contribution < 1.29 is 13.5 Å². The van der Waals surface area contributed by atoms with E-state index in [1.807, 2.05) is 57.1 Å². The highest BCUT2D eigenvalue weighted by atomic mass is 32.2. The van der Waals surface area contributed by atoms with Crippen LogP contribution in [0.3, 0.4) is 0 Å². The fourth-order valence-corrected chi connectivity index (χ4v) is 4.60. The van der Waals surface area contributed by atoms with Gasteiger partial charge in [0.25, 0.3) is 0 Å². The quantitative estimate of drug-likeness (QED) is 0.879. The van der Waals surface area contributed by atoms with E-state index in [2.05, 4.69) is 0 Å². The molecule has 0 spiro atoms. The first-order chi connectivity index (χ1) is 10.8. The Morgan fingerprint density at radius 2 is 1.65 bits per heavy atom. The predicted molar refractivity (Wildman–Crippen MR) is 94.4 cm³/mol. The van der Waals surface area contributed by atoms with Crippen molar-refractivity contribution in [3.63, 3.8) is 0 Å². The second kappa shape index (κ2) is 6.86. The van der Waals surface area contributed by atoms with Crippen LogP contribution in [0.4, 0.5) is 5.69 Å². The van der Waals surface area contributed by atoms with Gasteiger partial charge in [-0.25, -0.2) is 8.42 Å². The minimum atomic E-state index is -3.68. The first kappa shape index (κ1) is 17.7. The molecule has 0 aromatic heterocycles. The maximum atomic E-state index is 13.1. The molecule has 0 saturated carbocycles. The number of nitrogens with zero attached hydrogens (tertiary/aromatic N) is 2. The van der Waals surface area contributed by atoms with Crippen LogP contribution >= 0.6 is 0 Å². The zero-order valence-electron chi connectivity index (χ0n) is 14.0. The molecular weight excluding hydrogens is 312 g/mol. The van der Waals surface area contributed by atoms with Gasteiger partial charge in [-0.05, 0) is 26.0 Å². The SMILES string of the molecule is CC(C)N(CCO)S(=O)(=O)c1cccc2c(N(C)C)cccc12. The summed E-state index contributed by atoms with van der Waals surface area (Å²) in [6.45, 7) is 3.50. The summed E-state index contributed by atoms with van der Waals surface area (Å²) >= 11 is 0. The van der Waals surface area contributed by atoms with Gasteiger partial charge in [0.15, 0.2) is 0 Å². The van der Waals surface area contributed by atoms with Crippen LogP contribution < -0.4 is 4.90 Å². The Bertz CT molecular complexity index is 786. The summed E-state index contributed by atoms with van der Waals surface area (Å²) in [6.07, 6.45) is 0. The molecule has 0 aliphatic rings. The molecule has 2 aromatic rings. The minimum absolute atomic E-state index is 0.0871. The number of anilines is 1. The summed E-state index contributed by atoms with van der Waals surface area (Å²) < 4.78 is 27.5. The number of rotatable bonds is 6. The van der Waals surface area contributed by atoms with E-state index in [9.17, 15) is 13.5 Å². The smallest absolute Gasteiger partial charge is 0.244 e. The molecule has 0 saturated heterocycles. The summed E-state index contributed by atoms with van der Waals surface area (Å²) in [5.41, 5.74) is 0.970. The van der Waals surface area contributed by atoms with Crippen LogP contribution in [0.5, 0.6) is 0 Å². The maximum absolute atomic E-state index is 13.1. The molecule has 126 valence electrons. The van der Waals surface area contributed by atoms with Crippen molar-refractivity contribution in [1.29, 1.82) is 0 Å². The second-order valence-corrected chi connectivity index (χ2v) is 7.81. The van der Waals surface area contributed by atoms with E-state index in [1.54, 1.807) is 12.1 Å². The van der Waals surface area contributed by atoms with E-state index in [-0.39, 0.29) is 24.1 Å². The van der Waals surface area contributed by atoms with E-state index < -0.39 is 10.0 Å². The van der Waals surface area contributed by atoms with Gasteiger partial charge >= 0.3 is 0 Å². The van der Waals surface area contributed by atoms with Crippen molar-refractivity contribution in [1.82, 2.24) is 4.31 Å². The summed E-state index contributed by atoms with van der Waals surface area (Å²) in [4.78, 5) is 2.24. The second-order valence-electron chi connectivity index (χ2n) is 5.96. The van der Waals surface area contributed by atoms with E-state index >= 15 is 0 Å². The first-order valence-corrected chi connectivity index (χ1v) is 9.06. The van der Waals surface area contributed by atoms with Gasteiger partial charge in [-0.15, -0.1) is 0 Å². The Labute approximate surface area is 138 Å². The predicted octanol–water partition coefficient (Wildman–Crippen LogP) is 2.30. The number of hydrogen-bond acceptors (Lipinski definition) is 4. The Morgan fingerprint density at radius 3 is 2.22 bits per heavy atom. The van der Waals surface area contributed by atoms with Crippen molar-refractivity contribution in [2.45, 2.75) is 24.8 Å². The van der Waals surface area contributed by atoms with E-state index in [4.69, 9.17) is 0 Å². The highest BCUT2D eigenvalue weighted by molar-refractivity contribution is 7.89. The number of hydrogen-bond donors (Lipinski definition) is 1. The van der Waals surface area contributed by atoms with Crippen LogP contribution in [-0.4, -0.2) is 51.1 Å². The molecule has 0 amide bonds. The lowest BCUT2D eigenvalue weighted by atomic mass is 10.1. The molecule has 0 aliphatic heterocycles. The van der Waals surface area contributed by atoms with Gasteiger partial charge < -0.3 is 10.0 Å². The van der Waals surface area contributed by atoms with E-state index in [0.29, 0.717) is 5.39 Å². The molecule has 2 aromatic carbocycles. The fraction of sp³-hybridized carbons (Fsp3) is 0.412. The molecule has 1 N–H and O–H groups in total. The lowest BCUT2D eigenvalue weighted by Gasteiger charge is -2.26. The van der Waals surface area contributed by atoms with Crippen molar-refractivity contribution in [3.8, 4) is 0 Å². The van der Waals surface area contributed by atoms with Gasteiger partial charge in [0.1, 0.15) is 0 Å². The number of aliphatic hydroxyl groups excluding tert-OH is 1. The van der Waals surface area contributed by atoms with Crippen LogP contribution in [0.2, 0.25) is 0 Å². The molecule has 2 rings (SSSR count). The molecule has 0 atom stereocenters. The van der Waals surface area contributed by atoms with Gasteiger partial charge in [0.2, 0.25) is 10.0 Å². The number of aliphatic hydroxyl groups is 1. The lowest BCUT2D eigenvalue weighted by molar-refractivity contribution is 0.236. The average molecular weight is 336 g/mol.